The van der Waals surface area contributed by atoms with Crippen LogP contribution in [0.5, 0.6) is 0 Å². The van der Waals surface area contributed by atoms with Gasteiger partial charge in [0.25, 0.3) is 0 Å². The number of nitrogens with one attached hydrogen (secondary N) is 1. The molecular formula is C14H26N2O2. The number of amides is 2. The second-order valence-electron chi connectivity index (χ2n) is 5.50. The molecule has 2 unspecified atom stereocenters. The van der Waals surface area contributed by atoms with E-state index < -0.39 is 0 Å². The highest BCUT2D eigenvalue weighted by Gasteiger charge is 2.39. The molecule has 1 N–H and O–H groups in total. The van der Waals surface area contributed by atoms with E-state index in [1.165, 1.54) is 0 Å². The molecule has 2 amide bonds. The lowest BCUT2D eigenvalue weighted by molar-refractivity contribution is -0.150. The third-order valence-corrected chi connectivity index (χ3v) is 3.43. The van der Waals surface area contributed by atoms with Crippen LogP contribution < -0.4 is 5.32 Å². The van der Waals surface area contributed by atoms with E-state index in [1.807, 2.05) is 6.92 Å². The van der Waals surface area contributed by atoms with Gasteiger partial charge in [-0.1, -0.05) is 34.1 Å². The van der Waals surface area contributed by atoms with Crippen molar-refractivity contribution in [2.45, 2.75) is 65.5 Å². The fraction of sp³-hybridized carbons (Fsp3) is 0.857. The fourth-order valence-corrected chi connectivity index (χ4v) is 2.38. The molecule has 0 aliphatic carbocycles. The summed E-state index contributed by atoms with van der Waals surface area (Å²) in [5.41, 5.74) is 0. The van der Waals surface area contributed by atoms with Crippen LogP contribution in [0.15, 0.2) is 0 Å². The number of piperazine rings is 1. The molecule has 4 nitrogen and oxygen atoms in total. The van der Waals surface area contributed by atoms with Crippen molar-refractivity contribution in [2.24, 2.45) is 5.92 Å². The molecule has 4 heteroatoms. The summed E-state index contributed by atoms with van der Waals surface area (Å²) in [6.45, 7) is 8.91. The van der Waals surface area contributed by atoms with Gasteiger partial charge in [-0.2, -0.15) is 0 Å². The summed E-state index contributed by atoms with van der Waals surface area (Å²) >= 11 is 0. The number of carbonyl (C=O) groups is 2. The van der Waals surface area contributed by atoms with Crippen LogP contribution in [0.3, 0.4) is 0 Å². The second kappa shape index (κ2) is 6.76. The van der Waals surface area contributed by atoms with Crippen molar-refractivity contribution >= 4 is 11.8 Å². The van der Waals surface area contributed by atoms with E-state index >= 15 is 0 Å². The van der Waals surface area contributed by atoms with Gasteiger partial charge in [0.15, 0.2) is 0 Å². The molecule has 0 aromatic rings. The Bertz CT molecular complexity index is 302. The van der Waals surface area contributed by atoms with Crippen LogP contribution in [0.25, 0.3) is 0 Å². The first-order chi connectivity index (χ1) is 8.51. The molecule has 0 aromatic heterocycles. The van der Waals surface area contributed by atoms with E-state index in [4.69, 9.17) is 0 Å². The molecule has 18 heavy (non-hydrogen) atoms. The molecule has 1 fully saturated rings. The SMILES string of the molecule is CCCCN1C(=O)C(CC)NC(=O)C1CC(C)C. The summed E-state index contributed by atoms with van der Waals surface area (Å²) in [5.74, 6) is 0.526. The maximum atomic E-state index is 12.3. The lowest BCUT2D eigenvalue weighted by Gasteiger charge is -2.39. The molecule has 1 heterocycles. The molecule has 1 aliphatic heterocycles. The van der Waals surface area contributed by atoms with Crippen molar-refractivity contribution in [2.75, 3.05) is 6.54 Å². The van der Waals surface area contributed by atoms with Gasteiger partial charge < -0.3 is 10.2 Å². The van der Waals surface area contributed by atoms with Crippen LogP contribution in [0, 0.1) is 5.92 Å². The predicted molar refractivity (Wildman–Crippen MR) is 72.1 cm³/mol. The summed E-state index contributed by atoms with van der Waals surface area (Å²) in [6.07, 6.45) is 3.42. The van der Waals surface area contributed by atoms with Gasteiger partial charge in [0.2, 0.25) is 11.8 Å². The van der Waals surface area contributed by atoms with E-state index in [9.17, 15) is 9.59 Å². The highest BCUT2D eigenvalue weighted by Crippen LogP contribution is 2.19. The Labute approximate surface area is 110 Å². The largest absolute Gasteiger partial charge is 0.343 e. The maximum absolute atomic E-state index is 12.3. The van der Waals surface area contributed by atoms with Crippen LogP contribution in [0.4, 0.5) is 0 Å². The molecule has 0 radical (unpaired) electrons. The first kappa shape index (κ1) is 15.0. The van der Waals surface area contributed by atoms with E-state index in [1.54, 1.807) is 4.90 Å². The molecule has 2 atom stereocenters. The zero-order valence-corrected chi connectivity index (χ0v) is 12.0. The quantitative estimate of drug-likeness (QED) is 0.787. The zero-order chi connectivity index (χ0) is 13.7. The van der Waals surface area contributed by atoms with Crippen LogP contribution in [-0.4, -0.2) is 35.3 Å². The minimum Gasteiger partial charge on any atom is -0.343 e. The van der Waals surface area contributed by atoms with Gasteiger partial charge in [0.05, 0.1) is 0 Å². The van der Waals surface area contributed by atoms with Crippen molar-refractivity contribution in [3.8, 4) is 0 Å². The van der Waals surface area contributed by atoms with Gasteiger partial charge >= 0.3 is 0 Å². The Balaban J connectivity index is 2.83. The van der Waals surface area contributed by atoms with E-state index in [0.29, 0.717) is 18.9 Å². The third kappa shape index (κ3) is 3.47. The topological polar surface area (TPSA) is 49.4 Å². The van der Waals surface area contributed by atoms with Gasteiger partial charge in [0.1, 0.15) is 12.1 Å². The lowest BCUT2D eigenvalue weighted by Crippen LogP contribution is -2.63. The normalized spacial score (nSPS) is 24.6. The lowest BCUT2D eigenvalue weighted by atomic mass is 9.97. The van der Waals surface area contributed by atoms with E-state index in [2.05, 4.69) is 26.1 Å². The molecule has 0 bridgehead atoms. The molecule has 0 saturated carbocycles. The monoisotopic (exact) mass is 254 g/mol. The molecule has 0 aromatic carbocycles. The molecule has 1 rings (SSSR count). The Morgan fingerprint density at radius 2 is 1.94 bits per heavy atom. The van der Waals surface area contributed by atoms with Gasteiger partial charge in [-0.15, -0.1) is 0 Å². The Kier molecular flexibility index (Phi) is 5.63. The summed E-state index contributed by atoms with van der Waals surface area (Å²) in [7, 11) is 0. The second-order valence-corrected chi connectivity index (χ2v) is 5.50. The Hall–Kier alpha value is -1.06. The average molecular weight is 254 g/mol. The van der Waals surface area contributed by atoms with Gasteiger partial charge in [-0.05, 0) is 25.2 Å². The molecular weight excluding hydrogens is 228 g/mol. The molecule has 0 spiro atoms. The van der Waals surface area contributed by atoms with E-state index in [0.717, 1.165) is 19.3 Å². The van der Waals surface area contributed by atoms with Crippen LogP contribution in [-0.2, 0) is 9.59 Å². The maximum Gasteiger partial charge on any atom is 0.245 e. The molecule has 1 saturated heterocycles. The minimum atomic E-state index is -0.322. The smallest absolute Gasteiger partial charge is 0.245 e. The number of unbranched alkanes of at least 4 members (excludes halogenated alkanes) is 1. The summed E-state index contributed by atoms with van der Waals surface area (Å²) in [5, 5.41) is 2.85. The molecule has 104 valence electrons. The van der Waals surface area contributed by atoms with Gasteiger partial charge in [-0.3, -0.25) is 9.59 Å². The van der Waals surface area contributed by atoms with Crippen molar-refractivity contribution in [3.05, 3.63) is 0 Å². The fourth-order valence-electron chi connectivity index (χ4n) is 2.38. The first-order valence-corrected chi connectivity index (χ1v) is 7.12. The summed E-state index contributed by atoms with van der Waals surface area (Å²) in [6, 6.07) is -0.593. The minimum absolute atomic E-state index is 0.0197. The number of hydrogen-bond donors (Lipinski definition) is 1. The van der Waals surface area contributed by atoms with Crippen LogP contribution in [0.1, 0.15) is 53.4 Å². The Morgan fingerprint density at radius 3 is 2.44 bits per heavy atom. The number of nitrogens with zero attached hydrogens (tertiary/aromatic N) is 1. The third-order valence-electron chi connectivity index (χ3n) is 3.43. The highest BCUT2D eigenvalue weighted by atomic mass is 16.2. The number of carbonyl (C=O) groups excluding carboxylic acids is 2. The van der Waals surface area contributed by atoms with Crippen molar-refractivity contribution < 1.29 is 9.59 Å². The van der Waals surface area contributed by atoms with Crippen molar-refractivity contribution in [1.82, 2.24) is 10.2 Å². The van der Waals surface area contributed by atoms with Gasteiger partial charge in [-0.25, -0.2) is 0 Å². The predicted octanol–water partition coefficient (Wildman–Crippen LogP) is 1.94. The average Bonchev–Trinajstić information content (AvgIpc) is 2.32. The van der Waals surface area contributed by atoms with Crippen molar-refractivity contribution in [1.29, 1.82) is 0 Å². The summed E-state index contributed by atoms with van der Waals surface area (Å²) in [4.78, 5) is 26.2. The summed E-state index contributed by atoms with van der Waals surface area (Å²) < 4.78 is 0. The number of rotatable bonds is 6. The Morgan fingerprint density at radius 1 is 1.28 bits per heavy atom. The zero-order valence-electron chi connectivity index (χ0n) is 12.0. The highest BCUT2D eigenvalue weighted by molar-refractivity contribution is 5.96. The van der Waals surface area contributed by atoms with Crippen molar-refractivity contribution in [3.63, 3.8) is 0 Å². The van der Waals surface area contributed by atoms with E-state index in [-0.39, 0.29) is 23.9 Å². The first-order valence-electron chi connectivity index (χ1n) is 7.12. The molecule has 1 aliphatic rings. The van der Waals surface area contributed by atoms with Crippen LogP contribution >= 0.6 is 0 Å². The van der Waals surface area contributed by atoms with Gasteiger partial charge in [0, 0.05) is 6.54 Å². The van der Waals surface area contributed by atoms with Crippen LogP contribution in [0.2, 0.25) is 0 Å². The number of hydrogen-bond acceptors (Lipinski definition) is 2. The standard InChI is InChI=1S/C14H26N2O2/c1-5-7-8-16-12(9-10(3)4)13(17)15-11(6-2)14(16)18/h10-12H,5-9H2,1-4H3,(H,15,17).